The van der Waals surface area contributed by atoms with E-state index in [1.807, 2.05) is 127 Å². The van der Waals surface area contributed by atoms with Crippen LogP contribution in [0.4, 0.5) is 0 Å². The highest BCUT2D eigenvalue weighted by molar-refractivity contribution is 6.36. The Hall–Kier alpha value is -17.4. The molecule has 12 nitrogen and oxygen atoms in total. The average molecular weight is 1600 g/mol. The molecule has 30 rings (SSSR count). The van der Waals surface area contributed by atoms with Gasteiger partial charge in [-0.05, 0) is 204 Å². The minimum absolute atomic E-state index is 0.648. The summed E-state index contributed by atoms with van der Waals surface area (Å²) in [5, 5.41) is 55.6. The molecule has 0 bridgehead atoms. The minimum atomic E-state index is 0.648. The van der Waals surface area contributed by atoms with Gasteiger partial charge in [-0.25, -0.2) is 0 Å². The largest absolute Gasteiger partial charge is 0.454 e. The van der Waals surface area contributed by atoms with E-state index in [1.165, 1.54) is 32.6 Å². The number of para-hydroxylation sites is 6. The lowest BCUT2D eigenvalue weighted by atomic mass is 9.91. The summed E-state index contributed by atoms with van der Waals surface area (Å²) in [7, 11) is 0. The van der Waals surface area contributed by atoms with Gasteiger partial charge in [0.1, 0.15) is 33.5 Å². The topological polar surface area (TPSA) is 163 Å². The summed E-state index contributed by atoms with van der Waals surface area (Å²) in [4.78, 5) is 0. The highest BCUT2D eigenvalue weighted by Crippen LogP contribution is 2.53. The third-order valence-electron chi connectivity index (χ3n) is 26.8. The van der Waals surface area contributed by atoms with Crippen LogP contribution in [0.3, 0.4) is 0 Å². The fraction of sp³-hybridized carbons (Fsp3) is 0.0177. The maximum atomic E-state index is 9.59. The Morgan fingerprint density at radius 1 is 0.184 bits per heavy atom. The van der Waals surface area contributed by atoms with Crippen molar-refractivity contribution in [3.05, 3.63) is 343 Å². The van der Waals surface area contributed by atoms with Crippen molar-refractivity contribution in [1.82, 2.24) is 13.2 Å². The van der Waals surface area contributed by atoms with Crippen molar-refractivity contribution in [2.24, 2.45) is 0 Å². The molecule has 0 unspecified atom stereocenters. The number of hydrogen-bond donors (Lipinski definition) is 0. The molecule has 0 fully saturated rings. The normalized spacial score (nSPS) is 12.4. The molecule has 0 amide bonds. The second-order valence-electron chi connectivity index (χ2n) is 33.4. The van der Waals surface area contributed by atoms with Crippen molar-refractivity contribution in [2.45, 2.75) is 13.8 Å². The third kappa shape index (κ3) is 8.98. The van der Waals surface area contributed by atoms with Gasteiger partial charge in [0.15, 0.2) is 33.5 Å². The zero-order chi connectivity index (χ0) is 82.2. The number of aromatic nitrogens is 3. The van der Waals surface area contributed by atoms with Gasteiger partial charge in [-0.2, -0.15) is 15.8 Å². The van der Waals surface area contributed by atoms with Crippen molar-refractivity contribution >= 4 is 246 Å². The number of nitriles is 3. The molecule has 125 heavy (non-hydrogen) atoms. The number of rotatable bonds is 3. The van der Waals surface area contributed by atoms with Crippen LogP contribution in [0.25, 0.3) is 279 Å². The van der Waals surface area contributed by atoms with E-state index in [9.17, 15) is 15.8 Å². The van der Waals surface area contributed by atoms with Crippen LogP contribution >= 0.6 is 0 Å². The number of benzene rings is 18. The van der Waals surface area contributed by atoms with E-state index in [0.717, 1.165) is 258 Å². The maximum absolute atomic E-state index is 9.59. The lowest BCUT2D eigenvalue weighted by Crippen LogP contribution is -1.91. The second kappa shape index (κ2) is 24.4. The molecule has 0 saturated heterocycles. The van der Waals surface area contributed by atoms with Gasteiger partial charge in [0.25, 0.3) is 0 Å². The van der Waals surface area contributed by atoms with Crippen LogP contribution in [-0.2, 0) is 0 Å². The van der Waals surface area contributed by atoms with Gasteiger partial charge in [-0.1, -0.05) is 170 Å². The van der Waals surface area contributed by atoms with Gasteiger partial charge >= 0.3 is 0 Å². The van der Waals surface area contributed by atoms with E-state index < -0.39 is 0 Å². The average Bonchev–Trinajstić information content (AvgIpc) is 1.53. The summed E-state index contributed by atoms with van der Waals surface area (Å²) >= 11 is 0. The van der Waals surface area contributed by atoms with E-state index in [2.05, 4.69) is 233 Å². The van der Waals surface area contributed by atoms with Crippen molar-refractivity contribution in [2.75, 3.05) is 0 Å². The number of aryl methyl sites for hydroxylation is 2. The predicted molar refractivity (Wildman–Crippen MR) is 507 cm³/mol. The fourth-order valence-electron chi connectivity index (χ4n) is 21.6. The Morgan fingerprint density at radius 2 is 0.440 bits per heavy atom. The van der Waals surface area contributed by atoms with Gasteiger partial charge in [-0.15, -0.1) is 0 Å². The first-order valence-electron chi connectivity index (χ1n) is 41.8. The van der Waals surface area contributed by atoms with Crippen molar-refractivity contribution in [3.8, 4) is 51.6 Å². The molecule has 0 N–H and O–H groups in total. The Morgan fingerprint density at radius 3 is 0.720 bits per heavy atom. The minimum Gasteiger partial charge on any atom is -0.454 e. The van der Waals surface area contributed by atoms with Gasteiger partial charge in [-0.3, -0.25) is 0 Å². The summed E-state index contributed by atoms with van der Waals surface area (Å²) in [6, 6.07) is 116. The maximum Gasteiger partial charge on any atom is 0.160 e. The van der Waals surface area contributed by atoms with Crippen LogP contribution in [-0.4, -0.2) is 13.2 Å². The lowest BCUT2D eigenvalue weighted by Gasteiger charge is -2.12. The highest BCUT2D eigenvalue weighted by atomic mass is 16.4. The number of hydrogen-bond acceptors (Lipinski definition) is 9. The predicted octanol–water partition coefficient (Wildman–Crippen LogP) is 31.1. The number of furan rings is 6. The summed E-state index contributed by atoms with van der Waals surface area (Å²) in [5.74, 6) is 0. The molecule has 0 spiro atoms. The lowest BCUT2D eigenvalue weighted by molar-refractivity contribution is 0.669. The van der Waals surface area contributed by atoms with E-state index in [-0.39, 0.29) is 0 Å². The SMILES string of the molecule is Cc1cc(C#N)cc(C)c1-c1cc2c3ccc4c5ccccc5oc4c3n3c2c(c1)c1ccc2c4ccccc4oc2c13.N#Cc1ccc(-c2cc3c4ccc5c6ccccc6oc5c4n4c3c(c2)c2ccc3c5ccccc5oc3c24)cc1.N#Cc1cccc(-c2cc3c4ccc5c6ccccc6oc5c4n4c3c(c2)c2ccc3c5ccccc5oc3c24)c1. The molecular weight excluding hydrogens is 1540 g/mol. The molecule has 0 aliphatic heterocycles. The zero-order valence-electron chi connectivity index (χ0n) is 66.7. The standard InChI is InChI=1S/C39H22N2O2.2C37H18N2O2/c1-20-15-22(19-40)16-21(2)34(20)23-17-30-26-11-13-28-24-7-3-5-9-32(24)42-38(28)36(26)41-35(30)31(18-23)27-12-14-29-25-8-4-6-10-33(25)43-39(29)37(27)41;38-19-20-6-5-7-21(16-20)22-17-29-25-12-14-27-23-8-1-3-10-31(23)40-36(27)34(25)39-33(29)30(18-22)26-13-15-28-24-9-2-4-11-32(24)41-37(28)35(26)39;38-19-20-9-11-21(12-10-20)22-17-29-25-13-15-27-23-5-1-3-7-31(23)40-36(27)34(25)39-33(29)30(18-22)26-14-16-28-24-6-2-4-8-32(24)41-37(28)35(26)39/h3-18H,1-2H3;2*1-18H. The van der Waals surface area contributed by atoms with Crippen LogP contribution in [0.2, 0.25) is 0 Å². The molecule has 12 heteroatoms. The zero-order valence-corrected chi connectivity index (χ0v) is 66.7. The molecule has 0 saturated carbocycles. The van der Waals surface area contributed by atoms with Crippen LogP contribution in [0.15, 0.2) is 342 Å². The van der Waals surface area contributed by atoms with Crippen molar-refractivity contribution < 1.29 is 26.5 Å². The Kier molecular flexibility index (Phi) is 13.2. The summed E-state index contributed by atoms with van der Waals surface area (Å²) in [6.45, 7) is 4.19. The molecule has 12 aromatic heterocycles. The molecule has 0 radical (unpaired) electrons. The Labute approximate surface area is 705 Å². The summed E-state index contributed by atoms with van der Waals surface area (Å²) in [5.41, 5.74) is 31.1. The first-order chi connectivity index (χ1) is 61.7. The van der Waals surface area contributed by atoms with E-state index in [4.69, 9.17) is 26.5 Å². The molecule has 0 aliphatic carbocycles. The van der Waals surface area contributed by atoms with Crippen molar-refractivity contribution in [3.63, 3.8) is 0 Å². The van der Waals surface area contributed by atoms with Crippen LogP contribution in [0, 0.1) is 47.8 Å². The van der Waals surface area contributed by atoms with Gasteiger partial charge in [0, 0.05) is 129 Å². The summed E-state index contributed by atoms with van der Waals surface area (Å²) in [6.07, 6.45) is 0. The van der Waals surface area contributed by atoms with E-state index in [1.54, 1.807) is 0 Å². The van der Waals surface area contributed by atoms with Gasteiger partial charge in [0.05, 0.1) is 84.5 Å². The van der Waals surface area contributed by atoms with Crippen LogP contribution < -0.4 is 0 Å². The first-order valence-corrected chi connectivity index (χ1v) is 41.8. The second-order valence-corrected chi connectivity index (χ2v) is 33.4. The molecule has 0 aliphatic rings. The smallest absolute Gasteiger partial charge is 0.160 e. The van der Waals surface area contributed by atoms with Crippen molar-refractivity contribution in [1.29, 1.82) is 15.8 Å². The van der Waals surface area contributed by atoms with E-state index >= 15 is 0 Å². The molecule has 12 heterocycles. The molecule has 30 aromatic rings. The van der Waals surface area contributed by atoms with Crippen LogP contribution in [0.5, 0.6) is 0 Å². The first kappa shape index (κ1) is 67.5. The monoisotopic (exact) mass is 1590 g/mol. The number of nitrogens with zero attached hydrogens (tertiary/aromatic N) is 6. The summed E-state index contributed by atoms with van der Waals surface area (Å²) < 4.78 is 46.8. The molecular formula is C113H58N6O6. The fourth-order valence-corrected chi connectivity index (χ4v) is 21.6. The highest BCUT2D eigenvalue weighted by Gasteiger charge is 2.31. The molecule has 0 atom stereocenters. The van der Waals surface area contributed by atoms with Crippen LogP contribution in [0.1, 0.15) is 27.8 Å². The molecule has 576 valence electrons. The van der Waals surface area contributed by atoms with Gasteiger partial charge in [0.2, 0.25) is 0 Å². The van der Waals surface area contributed by atoms with E-state index in [0.29, 0.717) is 16.7 Å². The Bertz CT molecular complexity index is 9740. The van der Waals surface area contributed by atoms with Gasteiger partial charge < -0.3 is 39.7 Å². The molecule has 18 aromatic carbocycles. The Balaban J connectivity index is 0.0000000956. The third-order valence-corrected chi connectivity index (χ3v) is 26.8. The number of fused-ring (bicyclic) bond motifs is 42. The quantitative estimate of drug-likeness (QED) is 0.167.